The van der Waals surface area contributed by atoms with Crippen molar-refractivity contribution in [3.8, 4) is 0 Å². The van der Waals surface area contributed by atoms with Gasteiger partial charge in [-0.2, -0.15) is 0 Å². The lowest BCUT2D eigenvalue weighted by Gasteiger charge is -2.18. The predicted molar refractivity (Wildman–Crippen MR) is 62.6 cm³/mol. The SMILES string of the molecule is CC1=C(c2ccccc2)[Si](C)(C)OC1=O. The number of carbonyl (C=O) groups is 1. The molecule has 1 aliphatic heterocycles. The summed E-state index contributed by atoms with van der Waals surface area (Å²) in [6.45, 7) is 5.97. The first-order valence-electron chi connectivity index (χ1n) is 5.02. The molecule has 15 heavy (non-hydrogen) atoms. The van der Waals surface area contributed by atoms with E-state index in [0.29, 0.717) is 0 Å². The van der Waals surface area contributed by atoms with Gasteiger partial charge >= 0.3 is 5.97 Å². The standard InChI is InChI=1S/C12H14O2Si/c1-9-11(10-7-5-4-6-8-10)15(2,3)14-12(9)13/h4-8H,1-3H3. The van der Waals surface area contributed by atoms with Crippen molar-refractivity contribution in [3.05, 3.63) is 41.5 Å². The minimum atomic E-state index is -2.01. The highest BCUT2D eigenvalue weighted by atomic mass is 28.4. The quantitative estimate of drug-likeness (QED) is 0.677. The van der Waals surface area contributed by atoms with E-state index in [9.17, 15) is 4.79 Å². The van der Waals surface area contributed by atoms with Crippen LogP contribution in [0.3, 0.4) is 0 Å². The number of hydrogen-bond acceptors (Lipinski definition) is 2. The molecule has 1 aliphatic rings. The zero-order valence-corrected chi connectivity index (χ0v) is 10.2. The van der Waals surface area contributed by atoms with Crippen LogP contribution in [0.15, 0.2) is 35.9 Å². The molecule has 2 rings (SSSR count). The topological polar surface area (TPSA) is 26.3 Å². The lowest BCUT2D eigenvalue weighted by atomic mass is 10.1. The molecule has 1 heterocycles. The van der Waals surface area contributed by atoms with Gasteiger partial charge in [-0.1, -0.05) is 30.3 Å². The van der Waals surface area contributed by atoms with Crippen molar-refractivity contribution in [2.75, 3.05) is 0 Å². The molecule has 3 heteroatoms. The molecule has 0 saturated carbocycles. The van der Waals surface area contributed by atoms with Crippen LogP contribution in [0.2, 0.25) is 13.1 Å². The Kier molecular flexibility index (Phi) is 2.27. The first kappa shape index (κ1) is 10.2. The van der Waals surface area contributed by atoms with Gasteiger partial charge in [0.15, 0.2) is 0 Å². The van der Waals surface area contributed by atoms with Crippen LogP contribution in [0.1, 0.15) is 12.5 Å². The van der Waals surface area contributed by atoms with Crippen molar-refractivity contribution in [2.24, 2.45) is 0 Å². The van der Waals surface area contributed by atoms with Crippen LogP contribution in [-0.4, -0.2) is 14.3 Å². The van der Waals surface area contributed by atoms with Crippen LogP contribution in [0, 0.1) is 0 Å². The molecule has 0 unspecified atom stereocenters. The van der Waals surface area contributed by atoms with Crippen molar-refractivity contribution >= 4 is 19.5 Å². The Bertz CT molecular complexity index is 432. The second-order valence-corrected chi connectivity index (χ2v) is 7.99. The van der Waals surface area contributed by atoms with Crippen LogP contribution in [-0.2, 0) is 9.22 Å². The Labute approximate surface area is 90.7 Å². The van der Waals surface area contributed by atoms with E-state index in [-0.39, 0.29) is 5.97 Å². The van der Waals surface area contributed by atoms with E-state index in [1.54, 1.807) is 0 Å². The van der Waals surface area contributed by atoms with E-state index < -0.39 is 8.32 Å². The lowest BCUT2D eigenvalue weighted by molar-refractivity contribution is -0.129. The fourth-order valence-corrected chi connectivity index (χ4v) is 4.67. The lowest BCUT2D eigenvalue weighted by Crippen LogP contribution is -2.29. The largest absolute Gasteiger partial charge is 0.512 e. The molecular weight excluding hydrogens is 204 g/mol. The molecule has 0 aliphatic carbocycles. The van der Waals surface area contributed by atoms with Gasteiger partial charge in [-0.3, -0.25) is 0 Å². The number of rotatable bonds is 1. The Hall–Kier alpha value is -1.35. The van der Waals surface area contributed by atoms with Gasteiger partial charge in [-0.15, -0.1) is 0 Å². The molecule has 0 N–H and O–H groups in total. The van der Waals surface area contributed by atoms with Gasteiger partial charge in [-0.05, 0) is 30.8 Å². The Morgan fingerprint density at radius 1 is 1.13 bits per heavy atom. The summed E-state index contributed by atoms with van der Waals surface area (Å²) in [5.74, 6) is -0.148. The summed E-state index contributed by atoms with van der Waals surface area (Å²) in [7, 11) is -2.01. The molecular formula is C12H14O2Si. The van der Waals surface area contributed by atoms with Crippen LogP contribution >= 0.6 is 0 Å². The molecule has 0 aromatic heterocycles. The minimum Gasteiger partial charge on any atom is -0.512 e. The van der Waals surface area contributed by atoms with E-state index in [1.165, 1.54) is 0 Å². The van der Waals surface area contributed by atoms with Crippen LogP contribution < -0.4 is 0 Å². The molecule has 1 aromatic carbocycles. The van der Waals surface area contributed by atoms with Gasteiger partial charge in [0.25, 0.3) is 8.32 Å². The number of carbonyl (C=O) groups excluding carboxylic acids is 1. The van der Waals surface area contributed by atoms with Crippen molar-refractivity contribution in [1.82, 2.24) is 0 Å². The molecule has 78 valence electrons. The Morgan fingerprint density at radius 2 is 1.73 bits per heavy atom. The van der Waals surface area contributed by atoms with E-state index in [0.717, 1.165) is 16.3 Å². The molecule has 0 radical (unpaired) electrons. The number of hydrogen-bond donors (Lipinski definition) is 0. The highest BCUT2D eigenvalue weighted by Gasteiger charge is 2.41. The molecule has 0 amide bonds. The minimum absolute atomic E-state index is 0.148. The van der Waals surface area contributed by atoms with Gasteiger partial charge in [-0.25, -0.2) is 4.79 Å². The third-order valence-corrected chi connectivity index (χ3v) is 5.26. The second-order valence-electron chi connectivity index (χ2n) is 4.27. The first-order chi connectivity index (χ1) is 7.02. The highest BCUT2D eigenvalue weighted by Crippen LogP contribution is 2.35. The van der Waals surface area contributed by atoms with Gasteiger partial charge in [0.1, 0.15) is 0 Å². The van der Waals surface area contributed by atoms with Crippen molar-refractivity contribution in [2.45, 2.75) is 20.0 Å². The van der Waals surface area contributed by atoms with E-state index in [2.05, 4.69) is 13.1 Å². The normalized spacial score (nSPS) is 19.3. The molecule has 2 nitrogen and oxygen atoms in total. The third kappa shape index (κ3) is 1.63. The fraction of sp³-hybridized carbons (Fsp3) is 0.250. The van der Waals surface area contributed by atoms with Crippen LogP contribution in [0.5, 0.6) is 0 Å². The molecule has 0 fully saturated rings. The average molecular weight is 218 g/mol. The van der Waals surface area contributed by atoms with Gasteiger partial charge in [0, 0.05) is 5.57 Å². The van der Waals surface area contributed by atoms with E-state index in [4.69, 9.17) is 4.43 Å². The summed E-state index contributed by atoms with van der Waals surface area (Å²) >= 11 is 0. The predicted octanol–water partition coefficient (Wildman–Crippen LogP) is 2.76. The van der Waals surface area contributed by atoms with Crippen LogP contribution in [0.25, 0.3) is 5.20 Å². The number of benzene rings is 1. The van der Waals surface area contributed by atoms with Crippen molar-refractivity contribution in [3.63, 3.8) is 0 Å². The molecule has 0 spiro atoms. The monoisotopic (exact) mass is 218 g/mol. The first-order valence-corrected chi connectivity index (χ1v) is 7.93. The fourth-order valence-electron chi connectivity index (χ4n) is 2.08. The smallest absolute Gasteiger partial charge is 0.320 e. The average Bonchev–Trinajstić information content (AvgIpc) is 2.37. The molecule has 0 bridgehead atoms. The maximum Gasteiger partial charge on any atom is 0.320 e. The maximum atomic E-state index is 11.5. The Morgan fingerprint density at radius 3 is 2.20 bits per heavy atom. The summed E-state index contributed by atoms with van der Waals surface area (Å²) in [5, 5.41) is 1.13. The maximum absolute atomic E-state index is 11.5. The van der Waals surface area contributed by atoms with Crippen molar-refractivity contribution < 1.29 is 9.22 Å². The Balaban J connectivity index is 2.57. The summed E-state index contributed by atoms with van der Waals surface area (Å²) in [6.07, 6.45) is 0. The van der Waals surface area contributed by atoms with Gasteiger partial charge in [0.05, 0.1) is 0 Å². The zero-order valence-electron chi connectivity index (χ0n) is 9.20. The summed E-state index contributed by atoms with van der Waals surface area (Å²) in [5.41, 5.74) is 1.90. The summed E-state index contributed by atoms with van der Waals surface area (Å²) < 4.78 is 5.45. The molecule has 0 atom stereocenters. The highest BCUT2D eigenvalue weighted by molar-refractivity contribution is 6.93. The van der Waals surface area contributed by atoms with Crippen LogP contribution in [0.4, 0.5) is 0 Å². The molecule has 1 aromatic rings. The van der Waals surface area contributed by atoms with E-state index >= 15 is 0 Å². The molecule has 0 saturated heterocycles. The third-order valence-electron chi connectivity index (χ3n) is 2.69. The second kappa shape index (κ2) is 3.34. The van der Waals surface area contributed by atoms with Gasteiger partial charge in [0.2, 0.25) is 0 Å². The zero-order chi connectivity index (χ0) is 11.1. The summed E-state index contributed by atoms with van der Waals surface area (Å²) in [6, 6.07) is 10.0. The summed E-state index contributed by atoms with van der Waals surface area (Å²) in [4.78, 5) is 11.5. The van der Waals surface area contributed by atoms with Crippen molar-refractivity contribution in [1.29, 1.82) is 0 Å². The van der Waals surface area contributed by atoms with Gasteiger partial charge < -0.3 is 4.43 Å². The van der Waals surface area contributed by atoms with E-state index in [1.807, 2.05) is 37.3 Å².